The predicted octanol–water partition coefficient (Wildman–Crippen LogP) is 4.93. The Hall–Kier alpha value is -3.46. The van der Waals surface area contributed by atoms with Crippen LogP contribution in [0.5, 0.6) is 0 Å². The van der Waals surface area contributed by atoms with Crippen LogP contribution in [0.1, 0.15) is 18.9 Å². The van der Waals surface area contributed by atoms with Gasteiger partial charge in [0, 0.05) is 21.4 Å². The van der Waals surface area contributed by atoms with Crippen LogP contribution < -0.4 is 10.8 Å². The fraction of sp³-hybridized carbons (Fsp3) is 0.120. The summed E-state index contributed by atoms with van der Waals surface area (Å²) >= 11 is 0. The number of benzene rings is 3. The molecule has 2 heterocycles. The number of rotatable bonds is 2. The molecule has 0 saturated carbocycles. The fourth-order valence-corrected chi connectivity index (χ4v) is 4.15. The number of hydrogen-bond donors (Lipinski definition) is 0. The molecule has 136 valence electrons. The molecule has 28 heavy (non-hydrogen) atoms. The van der Waals surface area contributed by atoms with Crippen molar-refractivity contribution in [2.75, 3.05) is 0 Å². The van der Waals surface area contributed by atoms with Crippen molar-refractivity contribution < 1.29 is 0 Å². The lowest BCUT2D eigenvalue weighted by Gasteiger charge is -2.13. The normalized spacial score (nSPS) is 12.6. The molecular weight excluding hydrogens is 344 g/mol. The third-order valence-electron chi connectivity index (χ3n) is 5.41. The van der Waals surface area contributed by atoms with Crippen molar-refractivity contribution in [2.24, 2.45) is 0 Å². The second-order valence-electron chi connectivity index (χ2n) is 7.50. The number of fused-ring (bicyclic) bond motifs is 3. The maximum atomic E-state index is 13.5. The van der Waals surface area contributed by atoms with Crippen LogP contribution in [0.15, 0.2) is 71.5 Å². The van der Waals surface area contributed by atoms with Crippen LogP contribution in [0.25, 0.3) is 44.3 Å². The van der Waals surface area contributed by atoms with E-state index in [9.17, 15) is 4.79 Å². The smallest absolute Gasteiger partial charge is 0.264 e. The molecule has 0 atom stereocenters. The first-order chi connectivity index (χ1) is 13.6. The van der Waals surface area contributed by atoms with E-state index < -0.39 is 0 Å². The number of nitrogens with zero attached hydrogens (tertiary/aromatic N) is 2. The van der Waals surface area contributed by atoms with Gasteiger partial charge in [0.05, 0.1) is 11.0 Å². The first-order valence-electron chi connectivity index (χ1n) is 9.46. The van der Waals surface area contributed by atoms with Crippen LogP contribution in [0.2, 0.25) is 0 Å². The van der Waals surface area contributed by atoms with Gasteiger partial charge in [-0.15, -0.1) is 0 Å². The Kier molecular flexibility index (Phi) is 3.59. The first-order valence-corrected chi connectivity index (χ1v) is 9.46. The van der Waals surface area contributed by atoms with E-state index in [1.54, 1.807) is 4.40 Å². The monoisotopic (exact) mass is 364 g/mol. The third-order valence-corrected chi connectivity index (χ3v) is 5.41. The average molecular weight is 364 g/mol. The van der Waals surface area contributed by atoms with Crippen molar-refractivity contribution in [1.82, 2.24) is 9.38 Å². The zero-order valence-electron chi connectivity index (χ0n) is 16.0. The van der Waals surface area contributed by atoms with Crippen molar-refractivity contribution in [3.05, 3.63) is 87.9 Å². The van der Waals surface area contributed by atoms with E-state index in [2.05, 4.69) is 37.8 Å². The summed E-state index contributed by atoms with van der Waals surface area (Å²) in [7, 11) is 0. The maximum Gasteiger partial charge on any atom is 0.264 e. The Balaban J connectivity index is 2.17. The minimum absolute atomic E-state index is 0.0214. The van der Waals surface area contributed by atoms with Gasteiger partial charge in [-0.25, -0.2) is 4.98 Å². The van der Waals surface area contributed by atoms with Gasteiger partial charge in [0.25, 0.3) is 5.56 Å². The van der Waals surface area contributed by atoms with Gasteiger partial charge < -0.3 is 0 Å². The second-order valence-corrected chi connectivity index (χ2v) is 7.50. The van der Waals surface area contributed by atoms with Gasteiger partial charge in [-0.1, -0.05) is 54.6 Å². The molecule has 0 aliphatic rings. The van der Waals surface area contributed by atoms with Crippen LogP contribution in [-0.4, -0.2) is 9.38 Å². The van der Waals surface area contributed by atoms with Crippen molar-refractivity contribution in [2.45, 2.75) is 20.3 Å². The van der Waals surface area contributed by atoms with Crippen LogP contribution in [0.3, 0.4) is 0 Å². The molecule has 0 bridgehead atoms. The molecule has 0 fully saturated rings. The molecule has 0 N–H and O–H groups in total. The Morgan fingerprint density at radius 2 is 1.82 bits per heavy atom. The Bertz CT molecular complexity index is 1540. The number of hydrogen-bond acceptors (Lipinski definition) is 2. The predicted molar refractivity (Wildman–Crippen MR) is 118 cm³/mol. The van der Waals surface area contributed by atoms with E-state index in [1.807, 2.05) is 43.3 Å². The van der Waals surface area contributed by atoms with E-state index in [0.29, 0.717) is 5.65 Å². The lowest BCUT2D eigenvalue weighted by atomic mass is 10.0. The summed E-state index contributed by atoms with van der Waals surface area (Å²) < 4.78 is 1.78. The van der Waals surface area contributed by atoms with Crippen molar-refractivity contribution >= 4 is 44.3 Å². The highest BCUT2D eigenvalue weighted by molar-refractivity contribution is 6.08. The van der Waals surface area contributed by atoms with Gasteiger partial charge in [0.1, 0.15) is 5.65 Å². The van der Waals surface area contributed by atoms with E-state index in [4.69, 9.17) is 4.98 Å². The third kappa shape index (κ3) is 2.29. The van der Waals surface area contributed by atoms with Gasteiger partial charge >= 0.3 is 0 Å². The van der Waals surface area contributed by atoms with E-state index >= 15 is 0 Å². The first kappa shape index (κ1) is 16.7. The molecule has 2 aromatic heterocycles. The van der Waals surface area contributed by atoms with Crippen molar-refractivity contribution in [3.63, 3.8) is 0 Å². The Morgan fingerprint density at radius 1 is 1.07 bits per heavy atom. The molecule has 5 rings (SSSR count). The Labute approximate surface area is 162 Å². The summed E-state index contributed by atoms with van der Waals surface area (Å²) in [5.41, 5.74) is 4.65. The largest absolute Gasteiger partial charge is 0.268 e. The average Bonchev–Trinajstić information content (AvgIpc) is 2.68. The van der Waals surface area contributed by atoms with E-state index in [1.165, 1.54) is 0 Å². The lowest BCUT2D eigenvalue weighted by Crippen LogP contribution is -2.24. The standard InChI is InChI=1S/C25H20N2O/c1-15(2)13-14-18-22-16(3)7-4-10-19(22)25(28)27-21-12-6-9-17-8-5-11-20(23(17)21)26-24(18)27/h4-12,14H,1,13H2,2-3H3/b18-14+. The summed E-state index contributed by atoms with van der Waals surface area (Å²) in [6.45, 7) is 8.10. The van der Waals surface area contributed by atoms with Crippen LogP contribution in [0, 0.1) is 6.92 Å². The van der Waals surface area contributed by atoms with Crippen LogP contribution in [0.4, 0.5) is 0 Å². The van der Waals surface area contributed by atoms with Gasteiger partial charge in [0.2, 0.25) is 0 Å². The van der Waals surface area contributed by atoms with Crippen LogP contribution in [-0.2, 0) is 0 Å². The summed E-state index contributed by atoms with van der Waals surface area (Å²) in [5, 5.41) is 4.83. The zero-order chi connectivity index (χ0) is 19.4. The minimum Gasteiger partial charge on any atom is -0.268 e. The molecule has 0 aliphatic heterocycles. The van der Waals surface area contributed by atoms with E-state index in [-0.39, 0.29) is 5.56 Å². The minimum atomic E-state index is -0.0214. The highest BCUT2D eigenvalue weighted by atomic mass is 16.1. The fourth-order valence-electron chi connectivity index (χ4n) is 4.15. The molecule has 0 aliphatic carbocycles. The summed E-state index contributed by atoms with van der Waals surface area (Å²) in [6, 6.07) is 18.1. The topological polar surface area (TPSA) is 34.4 Å². The highest BCUT2D eigenvalue weighted by Gasteiger charge is 2.14. The lowest BCUT2D eigenvalue weighted by molar-refractivity contribution is 1.12. The molecule has 0 spiro atoms. The molecule has 0 amide bonds. The number of pyridine rings is 1. The molecule has 5 aromatic rings. The van der Waals surface area contributed by atoms with Crippen molar-refractivity contribution in [3.8, 4) is 0 Å². The molecule has 0 unspecified atom stereocenters. The van der Waals surface area contributed by atoms with Crippen LogP contribution >= 0.6 is 0 Å². The molecule has 0 radical (unpaired) electrons. The SMILES string of the molecule is C=C(C)C/C=c1\c2c(C)cccc2c(=O)n2c1nc1cccc3cccc2c31. The molecule has 3 heteroatoms. The zero-order valence-corrected chi connectivity index (χ0v) is 16.0. The van der Waals surface area contributed by atoms with Crippen molar-refractivity contribution in [1.29, 1.82) is 0 Å². The summed E-state index contributed by atoms with van der Waals surface area (Å²) in [4.78, 5) is 18.5. The Morgan fingerprint density at radius 3 is 2.61 bits per heavy atom. The van der Waals surface area contributed by atoms with Gasteiger partial charge in [-0.05, 0) is 49.4 Å². The molecule has 3 nitrogen and oxygen atoms in total. The molecule has 3 aromatic carbocycles. The number of aryl methyl sites for hydroxylation is 1. The van der Waals surface area contributed by atoms with Gasteiger partial charge in [-0.3, -0.25) is 9.20 Å². The van der Waals surface area contributed by atoms with E-state index in [0.717, 1.165) is 55.4 Å². The number of aromatic nitrogens is 2. The number of allylic oxidation sites excluding steroid dienone is 1. The summed E-state index contributed by atoms with van der Waals surface area (Å²) in [5.74, 6) is 0. The molecule has 0 saturated heterocycles. The quantitative estimate of drug-likeness (QED) is 0.253. The van der Waals surface area contributed by atoms with Gasteiger partial charge in [-0.2, -0.15) is 0 Å². The maximum absolute atomic E-state index is 13.5. The summed E-state index contributed by atoms with van der Waals surface area (Å²) in [6.07, 6.45) is 2.90. The molecular formula is C25H20N2O. The second kappa shape index (κ2) is 6.03. The highest BCUT2D eigenvalue weighted by Crippen LogP contribution is 2.26. The van der Waals surface area contributed by atoms with Gasteiger partial charge in [0.15, 0.2) is 0 Å².